The number of hydrogen-bond donors (Lipinski definition) is 2. The second-order valence-corrected chi connectivity index (χ2v) is 8.06. The van der Waals surface area contributed by atoms with Gasteiger partial charge in [0.05, 0.1) is 35.8 Å². The van der Waals surface area contributed by atoms with Crippen LogP contribution >= 0.6 is 27.5 Å². The van der Waals surface area contributed by atoms with Crippen LogP contribution in [0.4, 0.5) is 16.2 Å². The van der Waals surface area contributed by atoms with E-state index in [-0.39, 0.29) is 0 Å². The van der Waals surface area contributed by atoms with Crippen molar-refractivity contribution in [2.45, 2.75) is 0 Å². The molecule has 3 aromatic carbocycles. The molecule has 2 N–H and O–H groups in total. The quantitative estimate of drug-likeness (QED) is 0.296. The lowest BCUT2D eigenvalue weighted by molar-refractivity contribution is 0.262. The molecule has 8 nitrogen and oxygen atoms in total. The highest BCUT2D eigenvalue weighted by Crippen LogP contribution is 2.36. The Morgan fingerprint density at radius 2 is 1.76 bits per heavy atom. The van der Waals surface area contributed by atoms with Gasteiger partial charge in [0, 0.05) is 22.3 Å². The van der Waals surface area contributed by atoms with Crippen molar-refractivity contribution in [3.63, 3.8) is 0 Å². The summed E-state index contributed by atoms with van der Waals surface area (Å²) in [5.41, 5.74) is 1.70. The number of fused-ring (bicyclic) bond motifs is 1. The average Bonchev–Trinajstić information content (AvgIpc) is 2.80. The molecular formula is C23H18BrClN4O4. The molecule has 2 amide bonds. The fourth-order valence-electron chi connectivity index (χ4n) is 3.06. The molecule has 0 bridgehead atoms. The fourth-order valence-corrected chi connectivity index (χ4v) is 3.68. The molecule has 33 heavy (non-hydrogen) atoms. The third-order valence-electron chi connectivity index (χ3n) is 4.59. The van der Waals surface area contributed by atoms with E-state index >= 15 is 0 Å². The Morgan fingerprint density at radius 3 is 2.48 bits per heavy atom. The van der Waals surface area contributed by atoms with Crippen molar-refractivity contribution >= 4 is 55.8 Å². The van der Waals surface area contributed by atoms with E-state index < -0.39 is 6.03 Å². The lowest BCUT2D eigenvalue weighted by atomic mass is 10.2. The zero-order valence-corrected chi connectivity index (χ0v) is 19.9. The van der Waals surface area contributed by atoms with Gasteiger partial charge in [0.2, 0.25) is 5.88 Å². The number of halogens is 2. The summed E-state index contributed by atoms with van der Waals surface area (Å²) in [6.07, 6.45) is 1.40. The van der Waals surface area contributed by atoms with Gasteiger partial charge in [-0.3, -0.25) is 0 Å². The number of nitrogens with one attached hydrogen (secondary N) is 2. The molecule has 0 spiro atoms. The van der Waals surface area contributed by atoms with Gasteiger partial charge in [-0.15, -0.1) is 0 Å². The molecule has 0 unspecified atom stereocenters. The van der Waals surface area contributed by atoms with E-state index in [1.807, 2.05) is 12.1 Å². The van der Waals surface area contributed by atoms with Gasteiger partial charge >= 0.3 is 6.03 Å². The number of carbonyl (C=O) groups excluding carboxylic acids is 1. The van der Waals surface area contributed by atoms with Crippen molar-refractivity contribution in [3.8, 4) is 23.1 Å². The van der Waals surface area contributed by atoms with Gasteiger partial charge in [-0.05, 0) is 36.4 Å². The molecule has 10 heteroatoms. The highest BCUT2D eigenvalue weighted by molar-refractivity contribution is 9.10. The summed E-state index contributed by atoms with van der Waals surface area (Å²) >= 11 is 9.74. The van der Waals surface area contributed by atoms with Gasteiger partial charge in [0.15, 0.2) is 11.5 Å². The van der Waals surface area contributed by atoms with Crippen LogP contribution in [0.1, 0.15) is 0 Å². The SMILES string of the molecule is COc1cc2ncnc(Oc3ccc(NC(=O)Nc4cccc(Br)c4)c(Cl)c3)c2cc1OC. The third-order valence-corrected chi connectivity index (χ3v) is 5.40. The molecule has 0 aliphatic heterocycles. The average molecular weight is 530 g/mol. The Labute approximate surface area is 203 Å². The van der Waals surface area contributed by atoms with Crippen LogP contribution in [0.3, 0.4) is 0 Å². The number of hydrogen-bond acceptors (Lipinski definition) is 6. The predicted octanol–water partition coefficient (Wildman–Crippen LogP) is 6.50. The monoisotopic (exact) mass is 528 g/mol. The number of carbonyl (C=O) groups is 1. The molecular weight excluding hydrogens is 512 g/mol. The van der Waals surface area contributed by atoms with Crippen LogP contribution in [-0.2, 0) is 0 Å². The Balaban J connectivity index is 1.52. The van der Waals surface area contributed by atoms with Crippen LogP contribution in [-0.4, -0.2) is 30.2 Å². The minimum Gasteiger partial charge on any atom is -0.493 e. The number of ether oxygens (including phenoxy) is 3. The minimum atomic E-state index is -0.425. The number of anilines is 2. The largest absolute Gasteiger partial charge is 0.493 e. The van der Waals surface area contributed by atoms with Crippen molar-refractivity contribution in [3.05, 3.63) is 70.4 Å². The topological polar surface area (TPSA) is 94.6 Å². The van der Waals surface area contributed by atoms with Crippen LogP contribution in [0, 0.1) is 0 Å². The summed E-state index contributed by atoms with van der Waals surface area (Å²) in [6, 6.07) is 15.2. The Bertz CT molecular complexity index is 1340. The van der Waals surface area contributed by atoms with Crippen molar-refractivity contribution in [1.29, 1.82) is 0 Å². The van der Waals surface area contributed by atoms with Crippen LogP contribution in [0.5, 0.6) is 23.1 Å². The molecule has 4 rings (SSSR count). The number of benzene rings is 3. The first-order chi connectivity index (χ1) is 16.0. The predicted molar refractivity (Wildman–Crippen MR) is 131 cm³/mol. The van der Waals surface area contributed by atoms with E-state index in [0.717, 1.165) is 4.47 Å². The number of amides is 2. The van der Waals surface area contributed by atoms with Gasteiger partial charge in [0.25, 0.3) is 0 Å². The summed E-state index contributed by atoms with van der Waals surface area (Å²) in [7, 11) is 3.10. The molecule has 0 radical (unpaired) electrons. The van der Waals surface area contributed by atoms with E-state index in [1.165, 1.54) is 6.33 Å². The smallest absolute Gasteiger partial charge is 0.323 e. The number of aromatic nitrogens is 2. The Kier molecular flexibility index (Phi) is 6.81. The Morgan fingerprint density at radius 1 is 0.970 bits per heavy atom. The number of rotatable bonds is 6. The van der Waals surface area contributed by atoms with Gasteiger partial charge in [-0.1, -0.05) is 33.6 Å². The van der Waals surface area contributed by atoms with Gasteiger partial charge in [-0.2, -0.15) is 0 Å². The molecule has 1 heterocycles. The molecule has 168 valence electrons. The van der Waals surface area contributed by atoms with Gasteiger partial charge in [-0.25, -0.2) is 14.8 Å². The minimum absolute atomic E-state index is 0.300. The van der Waals surface area contributed by atoms with E-state index in [4.69, 9.17) is 25.8 Å². The molecule has 0 aliphatic rings. The van der Waals surface area contributed by atoms with E-state index in [2.05, 4.69) is 36.5 Å². The van der Waals surface area contributed by atoms with E-state index in [9.17, 15) is 4.79 Å². The first-order valence-electron chi connectivity index (χ1n) is 9.64. The summed E-state index contributed by atoms with van der Waals surface area (Å²) < 4.78 is 17.5. The molecule has 0 fully saturated rings. The molecule has 0 atom stereocenters. The zero-order valence-electron chi connectivity index (χ0n) is 17.6. The lowest BCUT2D eigenvalue weighted by Gasteiger charge is -2.13. The summed E-state index contributed by atoms with van der Waals surface area (Å²) in [5, 5.41) is 6.40. The number of nitrogens with zero attached hydrogens (tertiary/aromatic N) is 2. The normalized spacial score (nSPS) is 10.5. The standard InChI is InChI=1S/C23H18BrClN4O4/c1-31-20-10-16-19(11-21(20)32-2)26-12-27-22(16)33-15-6-7-18(17(25)9-15)29-23(30)28-14-5-3-4-13(24)8-14/h3-12H,1-2H3,(H2,28,29,30). The third kappa shape index (κ3) is 5.27. The number of urea groups is 1. The highest BCUT2D eigenvalue weighted by Gasteiger charge is 2.14. The summed E-state index contributed by atoms with van der Waals surface area (Å²) in [6.45, 7) is 0. The maximum Gasteiger partial charge on any atom is 0.323 e. The van der Waals surface area contributed by atoms with Crippen LogP contribution in [0.2, 0.25) is 5.02 Å². The zero-order chi connectivity index (χ0) is 23.4. The van der Waals surface area contributed by atoms with Crippen molar-refractivity contribution < 1.29 is 19.0 Å². The van der Waals surface area contributed by atoms with Gasteiger partial charge < -0.3 is 24.8 Å². The lowest BCUT2D eigenvalue weighted by Crippen LogP contribution is -2.19. The van der Waals surface area contributed by atoms with Crippen LogP contribution in [0.25, 0.3) is 10.9 Å². The molecule has 0 saturated carbocycles. The molecule has 0 aliphatic carbocycles. The van der Waals surface area contributed by atoms with Gasteiger partial charge in [0.1, 0.15) is 12.1 Å². The first kappa shape index (κ1) is 22.6. The first-order valence-corrected chi connectivity index (χ1v) is 10.8. The van der Waals surface area contributed by atoms with E-state index in [1.54, 1.807) is 56.7 Å². The molecule has 0 saturated heterocycles. The maximum atomic E-state index is 12.3. The maximum absolute atomic E-state index is 12.3. The number of methoxy groups -OCH3 is 2. The summed E-state index contributed by atoms with van der Waals surface area (Å²) in [5.74, 6) is 1.84. The Hall–Kier alpha value is -3.56. The van der Waals surface area contributed by atoms with Crippen molar-refractivity contribution in [2.24, 2.45) is 0 Å². The van der Waals surface area contributed by atoms with Crippen LogP contribution in [0.15, 0.2) is 65.4 Å². The van der Waals surface area contributed by atoms with E-state index in [0.29, 0.717) is 50.4 Å². The van der Waals surface area contributed by atoms with Crippen molar-refractivity contribution in [2.75, 3.05) is 24.9 Å². The second-order valence-electron chi connectivity index (χ2n) is 6.74. The second kappa shape index (κ2) is 9.93. The van der Waals surface area contributed by atoms with Crippen molar-refractivity contribution in [1.82, 2.24) is 9.97 Å². The van der Waals surface area contributed by atoms with Crippen LogP contribution < -0.4 is 24.8 Å². The molecule has 1 aromatic heterocycles. The summed E-state index contributed by atoms with van der Waals surface area (Å²) in [4.78, 5) is 20.8. The highest BCUT2D eigenvalue weighted by atomic mass is 79.9. The molecule has 4 aromatic rings. The fraction of sp³-hybridized carbons (Fsp3) is 0.0870.